The molecule has 2 rings (SSSR count). The lowest BCUT2D eigenvalue weighted by Crippen LogP contribution is -3.00. The van der Waals surface area contributed by atoms with Crippen LogP contribution in [0.1, 0.15) is 0 Å². The molecule has 2 N–H and O–H groups in total. The van der Waals surface area contributed by atoms with E-state index >= 15 is 0 Å². The topological polar surface area (TPSA) is 80.4 Å². The van der Waals surface area contributed by atoms with Gasteiger partial charge in [0, 0.05) is 23.3 Å². The van der Waals surface area contributed by atoms with Gasteiger partial charge < -0.3 is 49.1 Å². The number of hydrogen-bond acceptors (Lipinski definition) is 5. The van der Waals surface area contributed by atoms with Gasteiger partial charge in [0.05, 0.1) is 12.4 Å². The lowest BCUT2D eigenvalue weighted by molar-refractivity contribution is -0.460. The quantitative estimate of drug-likeness (QED) is 0.149. The summed E-state index contributed by atoms with van der Waals surface area (Å²) in [6, 6.07) is 0. The predicted molar refractivity (Wildman–Crippen MR) is 78.5 cm³/mol. The third-order valence-corrected chi connectivity index (χ3v) is 2.80. The summed E-state index contributed by atoms with van der Waals surface area (Å²) in [5.74, 6) is 0. The lowest BCUT2D eigenvalue weighted by atomic mass is 10.2. The first-order valence-electron chi connectivity index (χ1n) is 6.27. The molecule has 0 fully saturated rings. The Morgan fingerprint density at radius 1 is 0.870 bits per heavy atom. The second-order valence-electron chi connectivity index (χ2n) is 4.27. The van der Waals surface area contributed by atoms with E-state index in [1.807, 2.05) is 45.9 Å². The summed E-state index contributed by atoms with van der Waals surface area (Å²) < 4.78 is 9.07. The van der Waals surface area contributed by atoms with Crippen LogP contribution in [0.15, 0.2) is 58.2 Å². The van der Waals surface area contributed by atoms with Crippen LogP contribution in [0.4, 0.5) is 0 Å². The van der Waals surface area contributed by atoms with Crippen molar-refractivity contribution in [3.05, 3.63) is 47.9 Å². The summed E-state index contributed by atoms with van der Waals surface area (Å²) in [6.45, 7) is 1.27. The van der Waals surface area contributed by atoms with E-state index in [2.05, 4.69) is 10.3 Å². The Labute approximate surface area is 154 Å². The third kappa shape index (κ3) is 7.20. The van der Waals surface area contributed by atoms with Gasteiger partial charge in [0.25, 0.3) is 0 Å². The van der Waals surface area contributed by atoms with Crippen molar-refractivity contribution in [3.63, 3.8) is 0 Å². The largest absolute Gasteiger partial charge is 1.00 e. The smallest absolute Gasteiger partial charge is 0.338 e. The van der Waals surface area contributed by atoms with E-state index in [4.69, 9.17) is 15.2 Å². The highest BCUT2D eigenvalue weighted by molar-refractivity contribution is 5.82. The fourth-order valence-electron chi connectivity index (χ4n) is 1.71. The standard InChI is InChI=1S/C14H14N4O3.2BrH/c19-15-9-13-1-5-17(6-2-13)11-21-12-18-7-3-14(4-8-18)10-16-20;;/h1-5,7,9-12H,6,8H2;2*1H. The molecule has 0 aliphatic carbocycles. The van der Waals surface area contributed by atoms with Crippen molar-refractivity contribution >= 4 is 25.2 Å². The van der Waals surface area contributed by atoms with Crippen LogP contribution in [0.2, 0.25) is 0 Å². The number of ether oxygens (including phenoxy) is 1. The first kappa shape index (κ1) is 21.0. The van der Waals surface area contributed by atoms with E-state index in [0.717, 1.165) is 11.1 Å². The van der Waals surface area contributed by atoms with Crippen LogP contribution in [0.5, 0.6) is 0 Å². The van der Waals surface area contributed by atoms with E-state index < -0.39 is 0 Å². The SMILES string of the molecule is ON=CC1=CC[N+](=COC=[N+]2C=CC(C=NO)=CC2)C=C1.[Br-].[Br-]. The van der Waals surface area contributed by atoms with Gasteiger partial charge in [-0.1, -0.05) is 10.3 Å². The molecule has 0 amide bonds. The van der Waals surface area contributed by atoms with E-state index in [0.29, 0.717) is 13.1 Å². The van der Waals surface area contributed by atoms with Crippen LogP contribution in [0, 0.1) is 0 Å². The van der Waals surface area contributed by atoms with E-state index in [-0.39, 0.29) is 34.0 Å². The molecule has 7 nitrogen and oxygen atoms in total. The maximum Gasteiger partial charge on any atom is 0.338 e. The van der Waals surface area contributed by atoms with Crippen molar-refractivity contribution < 1.29 is 58.3 Å². The first-order valence-corrected chi connectivity index (χ1v) is 6.27. The van der Waals surface area contributed by atoms with Crippen LogP contribution in [0.25, 0.3) is 0 Å². The zero-order valence-corrected chi connectivity index (χ0v) is 15.2. The minimum absolute atomic E-state index is 0. The Hall–Kier alpha value is -2.00. The number of rotatable bonds is 4. The Morgan fingerprint density at radius 3 is 1.61 bits per heavy atom. The van der Waals surface area contributed by atoms with Gasteiger partial charge >= 0.3 is 12.8 Å². The zero-order chi connectivity index (χ0) is 14.9. The van der Waals surface area contributed by atoms with Gasteiger partial charge in [-0.25, -0.2) is 0 Å². The molecule has 2 aliphatic heterocycles. The molecular weight excluding hydrogens is 432 g/mol. The fourth-order valence-corrected chi connectivity index (χ4v) is 1.71. The van der Waals surface area contributed by atoms with Gasteiger partial charge in [-0.3, -0.25) is 0 Å². The molecule has 0 aromatic heterocycles. The minimum atomic E-state index is 0. The maximum absolute atomic E-state index is 8.43. The molecule has 23 heavy (non-hydrogen) atoms. The van der Waals surface area contributed by atoms with Crippen molar-refractivity contribution in [1.82, 2.24) is 0 Å². The summed E-state index contributed by atoms with van der Waals surface area (Å²) in [5, 5.41) is 22.8. The average molecular weight is 448 g/mol. The Bertz CT molecular complexity index is 578. The van der Waals surface area contributed by atoms with Crippen molar-refractivity contribution in [2.75, 3.05) is 13.1 Å². The predicted octanol–water partition coefficient (Wildman–Crippen LogP) is -5.08. The average Bonchev–Trinajstić information content (AvgIpc) is 2.51. The second kappa shape index (κ2) is 11.6. The van der Waals surface area contributed by atoms with Crippen LogP contribution in [0.3, 0.4) is 0 Å². The molecule has 0 aromatic rings. The summed E-state index contributed by atoms with van der Waals surface area (Å²) in [5.41, 5.74) is 1.68. The summed E-state index contributed by atoms with van der Waals surface area (Å²) in [4.78, 5) is 0. The van der Waals surface area contributed by atoms with Crippen LogP contribution in [-0.4, -0.2) is 57.9 Å². The third-order valence-electron chi connectivity index (χ3n) is 2.80. The Balaban J connectivity index is 0.00000242. The van der Waals surface area contributed by atoms with Gasteiger partial charge in [-0.15, -0.1) is 0 Å². The Kier molecular flexibility index (Phi) is 10.5. The van der Waals surface area contributed by atoms with E-state index in [1.165, 1.54) is 12.4 Å². The molecule has 0 saturated carbocycles. The van der Waals surface area contributed by atoms with Gasteiger partial charge in [-0.2, -0.15) is 9.15 Å². The maximum atomic E-state index is 8.43. The van der Waals surface area contributed by atoms with Crippen molar-refractivity contribution in [2.24, 2.45) is 10.3 Å². The van der Waals surface area contributed by atoms with E-state index in [1.54, 1.807) is 12.8 Å². The molecule has 0 spiro atoms. The van der Waals surface area contributed by atoms with E-state index in [9.17, 15) is 0 Å². The van der Waals surface area contributed by atoms with Crippen molar-refractivity contribution in [2.45, 2.75) is 0 Å². The van der Waals surface area contributed by atoms with Crippen LogP contribution in [-0.2, 0) is 4.74 Å². The number of nitrogens with zero attached hydrogens (tertiary/aromatic N) is 4. The molecule has 2 heterocycles. The van der Waals surface area contributed by atoms with Crippen LogP contribution >= 0.6 is 0 Å². The molecule has 0 radical (unpaired) electrons. The first-order chi connectivity index (χ1) is 10.3. The van der Waals surface area contributed by atoms with Gasteiger partial charge in [0.1, 0.15) is 0 Å². The fraction of sp³-hybridized carbons (Fsp3) is 0.143. The van der Waals surface area contributed by atoms with Gasteiger partial charge in [0.2, 0.25) is 0 Å². The summed E-state index contributed by atoms with van der Waals surface area (Å²) in [6.07, 6.45) is 17.0. The van der Waals surface area contributed by atoms with Gasteiger partial charge in [0.15, 0.2) is 25.5 Å². The molecule has 0 atom stereocenters. The van der Waals surface area contributed by atoms with Crippen molar-refractivity contribution in [3.8, 4) is 0 Å². The second-order valence-corrected chi connectivity index (χ2v) is 4.27. The number of allylic oxidation sites excluding steroid dienone is 4. The number of halogens is 2. The van der Waals surface area contributed by atoms with Gasteiger partial charge in [-0.05, 0) is 12.2 Å². The summed E-state index contributed by atoms with van der Waals surface area (Å²) >= 11 is 0. The molecule has 2 aliphatic rings. The zero-order valence-electron chi connectivity index (χ0n) is 12.0. The Morgan fingerprint density at radius 2 is 1.30 bits per heavy atom. The molecule has 9 heteroatoms. The molecular formula is C14H16Br2N4O3. The minimum Gasteiger partial charge on any atom is -1.00 e. The lowest BCUT2D eigenvalue weighted by Gasteiger charge is -2.01. The van der Waals surface area contributed by atoms with Crippen LogP contribution < -0.4 is 34.0 Å². The highest BCUT2D eigenvalue weighted by Gasteiger charge is 2.07. The number of hydrogen-bond donors (Lipinski definition) is 2. The highest BCUT2D eigenvalue weighted by Crippen LogP contribution is 2.01. The molecule has 0 aromatic carbocycles. The monoisotopic (exact) mass is 446 g/mol. The van der Waals surface area contributed by atoms with Crippen molar-refractivity contribution in [1.29, 1.82) is 0 Å². The molecule has 0 bridgehead atoms. The molecule has 124 valence electrons. The molecule has 0 unspecified atom stereocenters. The highest BCUT2D eigenvalue weighted by atomic mass is 79.9. The number of oxime groups is 2. The molecule has 0 saturated heterocycles. The summed E-state index contributed by atoms with van der Waals surface area (Å²) in [7, 11) is 0. The normalized spacial score (nSPS) is 20.3.